The van der Waals surface area contributed by atoms with Gasteiger partial charge in [-0.2, -0.15) is 0 Å². The minimum Gasteiger partial charge on any atom is -0.343 e. The molecule has 1 aromatic rings. The van der Waals surface area contributed by atoms with Gasteiger partial charge in [-0.3, -0.25) is 9.78 Å². The van der Waals surface area contributed by atoms with Crippen LogP contribution in [0.1, 0.15) is 50.6 Å². The van der Waals surface area contributed by atoms with Crippen molar-refractivity contribution in [1.82, 2.24) is 9.88 Å². The zero-order chi connectivity index (χ0) is 13.3. The van der Waals surface area contributed by atoms with Crippen LogP contribution in [0.15, 0.2) is 24.4 Å². The monoisotopic (exact) mass is 260 g/mol. The van der Waals surface area contributed by atoms with E-state index in [0.717, 1.165) is 38.8 Å². The summed E-state index contributed by atoms with van der Waals surface area (Å²) in [6, 6.07) is 6.07. The number of carbonyl (C=O) groups is 1. The average Bonchev–Trinajstić information content (AvgIpc) is 2.98. The fourth-order valence-corrected chi connectivity index (χ4v) is 2.61. The Bertz CT molecular complexity index is 372. The Balaban J connectivity index is 1.49. The van der Waals surface area contributed by atoms with Gasteiger partial charge in [0.25, 0.3) is 0 Å². The molecule has 2 heterocycles. The molecule has 0 unspecified atom stereocenters. The molecular formula is C16H24N2O. The summed E-state index contributed by atoms with van der Waals surface area (Å²) < 4.78 is 0. The van der Waals surface area contributed by atoms with Gasteiger partial charge in [0.05, 0.1) is 0 Å². The maximum absolute atomic E-state index is 11.8. The molecule has 1 aliphatic rings. The summed E-state index contributed by atoms with van der Waals surface area (Å²) in [6.07, 6.45) is 10.6. The summed E-state index contributed by atoms with van der Waals surface area (Å²) in [5.74, 6) is 0.363. The van der Waals surface area contributed by atoms with Gasteiger partial charge in [-0.15, -0.1) is 0 Å². The smallest absolute Gasteiger partial charge is 0.222 e. The second kappa shape index (κ2) is 7.93. The third kappa shape index (κ3) is 5.01. The molecule has 1 amide bonds. The standard InChI is InChI=1S/C16H24N2O/c19-16(18-13-7-8-14-18)11-4-2-1-3-9-15-10-5-6-12-17-15/h5-6,10,12H,1-4,7-9,11,13-14H2. The van der Waals surface area contributed by atoms with Gasteiger partial charge >= 0.3 is 0 Å². The molecule has 0 atom stereocenters. The summed E-state index contributed by atoms with van der Waals surface area (Å²) in [5, 5.41) is 0. The molecule has 1 saturated heterocycles. The number of rotatable bonds is 7. The fraction of sp³-hybridized carbons (Fsp3) is 0.625. The molecular weight excluding hydrogens is 236 g/mol. The summed E-state index contributed by atoms with van der Waals surface area (Å²) in [6.45, 7) is 1.97. The van der Waals surface area contributed by atoms with Crippen molar-refractivity contribution in [3.05, 3.63) is 30.1 Å². The van der Waals surface area contributed by atoms with Crippen LogP contribution in [0.5, 0.6) is 0 Å². The first kappa shape index (κ1) is 14.0. The van der Waals surface area contributed by atoms with Gasteiger partial charge in [-0.05, 0) is 44.2 Å². The number of nitrogens with zero attached hydrogens (tertiary/aromatic N) is 2. The minimum absolute atomic E-state index is 0.363. The molecule has 0 spiro atoms. The van der Waals surface area contributed by atoms with Crippen LogP contribution in [-0.2, 0) is 11.2 Å². The van der Waals surface area contributed by atoms with E-state index in [2.05, 4.69) is 11.1 Å². The molecule has 0 N–H and O–H groups in total. The molecule has 1 fully saturated rings. The molecule has 0 aliphatic carbocycles. The Morgan fingerprint density at radius 3 is 2.63 bits per heavy atom. The summed E-state index contributed by atoms with van der Waals surface area (Å²) in [4.78, 5) is 18.2. The first-order valence-corrected chi connectivity index (χ1v) is 7.54. The second-order valence-corrected chi connectivity index (χ2v) is 5.32. The Labute approximate surface area is 116 Å². The molecule has 3 heteroatoms. The highest BCUT2D eigenvalue weighted by atomic mass is 16.2. The number of aromatic nitrogens is 1. The lowest BCUT2D eigenvalue weighted by Gasteiger charge is -2.14. The number of hydrogen-bond acceptors (Lipinski definition) is 2. The van der Waals surface area contributed by atoms with E-state index in [9.17, 15) is 4.79 Å². The summed E-state index contributed by atoms with van der Waals surface area (Å²) >= 11 is 0. The molecule has 1 aromatic heterocycles. The molecule has 3 nitrogen and oxygen atoms in total. The van der Waals surface area contributed by atoms with Gasteiger partial charge in [-0.1, -0.05) is 18.9 Å². The second-order valence-electron chi connectivity index (χ2n) is 5.32. The zero-order valence-corrected chi connectivity index (χ0v) is 11.7. The predicted octanol–water partition coefficient (Wildman–Crippen LogP) is 3.20. The number of amides is 1. The Kier molecular flexibility index (Phi) is 5.86. The highest BCUT2D eigenvalue weighted by Crippen LogP contribution is 2.12. The molecule has 0 radical (unpaired) electrons. The van der Waals surface area contributed by atoms with Crippen LogP contribution in [0.3, 0.4) is 0 Å². The van der Waals surface area contributed by atoms with E-state index in [4.69, 9.17) is 0 Å². The number of likely N-dealkylation sites (tertiary alicyclic amines) is 1. The highest BCUT2D eigenvalue weighted by Gasteiger charge is 2.16. The van der Waals surface area contributed by atoms with Crippen LogP contribution in [0.25, 0.3) is 0 Å². The number of aryl methyl sites for hydroxylation is 1. The van der Waals surface area contributed by atoms with Crippen LogP contribution >= 0.6 is 0 Å². The van der Waals surface area contributed by atoms with E-state index in [1.165, 1.54) is 31.4 Å². The molecule has 0 saturated carbocycles. The van der Waals surface area contributed by atoms with Crippen molar-refractivity contribution in [1.29, 1.82) is 0 Å². The van der Waals surface area contributed by atoms with Gasteiger partial charge in [-0.25, -0.2) is 0 Å². The van der Waals surface area contributed by atoms with Crippen molar-refractivity contribution in [3.63, 3.8) is 0 Å². The number of carbonyl (C=O) groups excluding carboxylic acids is 1. The van der Waals surface area contributed by atoms with Gasteiger partial charge in [0.1, 0.15) is 0 Å². The van der Waals surface area contributed by atoms with Crippen molar-refractivity contribution in [2.75, 3.05) is 13.1 Å². The topological polar surface area (TPSA) is 33.2 Å². The molecule has 0 aromatic carbocycles. The first-order valence-electron chi connectivity index (χ1n) is 7.54. The third-order valence-corrected chi connectivity index (χ3v) is 3.76. The van der Waals surface area contributed by atoms with Crippen LogP contribution in [0.2, 0.25) is 0 Å². The largest absolute Gasteiger partial charge is 0.343 e. The average molecular weight is 260 g/mol. The first-order chi connectivity index (χ1) is 9.36. The van der Waals surface area contributed by atoms with Crippen LogP contribution in [-0.4, -0.2) is 28.9 Å². The van der Waals surface area contributed by atoms with Gasteiger partial charge < -0.3 is 4.90 Å². The van der Waals surface area contributed by atoms with Crippen LogP contribution in [0.4, 0.5) is 0 Å². The van der Waals surface area contributed by atoms with Gasteiger partial charge in [0.2, 0.25) is 5.91 Å². The van der Waals surface area contributed by atoms with Crippen molar-refractivity contribution in [2.24, 2.45) is 0 Å². The fourth-order valence-electron chi connectivity index (χ4n) is 2.61. The molecule has 0 bridgehead atoms. The van der Waals surface area contributed by atoms with Crippen LogP contribution < -0.4 is 0 Å². The van der Waals surface area contributed by atoms with E-state index in [-0.39, 0.29) is 0 Å². The summed E-state index contributed by atoms with van der Waals surface area (Å²) in [7, 11) is 0. The quantitative estimate of drug-likeness (QED) is 0.705. The molecule has 2 rings (SSSR count). The van der Waals surface area contributed by atoms with Crippen molar-refractivity contribution in [2.45, 2.75) is 51.4 Å². The van der Waals surface area contributed by atoms with E-state index >= 15 is 0 Å². The maximum atomic E-state index is 11.8. The van der Waals surface area contributed by atoms with Crippen molar-refractivity contribution >= 4 is 5.91 Å². The SMILES string of the molecule is O=C(CCCCCCc1ccccn1)N1CCCC1. The molecule has 1 aliphatic heterocycles. The predicted molar refractivity (Wildman–Crippen MR) is 76.8 cm³/mol. The lowest BCUT2D eigenvalue weighted by molar-refractivity contribution is -0.130. The van der Waals surface area contributed by atoms with Crippen LogP contribution in [0, 0.1) is 0 Å². The van der Waals surface area contributed by atoms with E-state index in [1.54, 1.807) is 0 Å². The van der Waals surface area contributed by atoms with Gasteiger partial charge in [0.15, 0.2) is 0 Å². The lowest BCUT2D eigenvalue weighted by Crippen LogP contribution is -2.27. The Morgan fingerprint density at radius 2 is 1.89 bits per heavy atom. The number of unbranched alkanes of at least 4 members (excludes halogenated alkanes) is 3. The lowest BCUT2D eigenvalue weighted by atomic mass is 10.1. The van der Waals surface area contributed by atoms with E-state index in [0.29, 0.717) is 5.91 Å². The van der Waals surface area contributed by atoms with E-state index < -0.39 is 0 Å². The zero-order valence-electron chi connectivity index (χ0n) is 11.7. The minimum atomic E-state index is 0.363. The third-order valence-electron chi connectivity index (χ3n) is 3.76. The number of hydrogen-bond donors (Lipinski definition) is 0. The van der Waals surface area contributed by atoms with Gasteiger partial charge in [0, 0.05) is 31.4 Å². The Morgan fingerprint density at radius 1 is 1.11 bits per heavy atom. The normalized spacial score (nSPS) is 14.8. The van der Waals surface area contributed by atoms with Crippen molar-refractivity contribution < 1.29 is 4.79 Å². The van der Waals surface area contributed by atoms with E-state index in [1.807, 2.05) is 23.2 Å². The summed E-state index contributed by atoms with van der Waals surface area (Å²) in [5.41, 5.74) is 1.18. The number of pyridine rings is 1. The Hall–Kier alpha value is -1.38. The molecule has 104 valence electrons. The van der Waals surface area contributed by atoms with Crippen molar-refractivity contribution in [3.8, 4) is 0 Å². The maximum Gasteiger partial charge on any atom is 0.222 e. The highest BCUT2D eigenvalue weighted by molar-refractivity contribution is 5.76. The molecule has 19 heavy (non-hydrogen) atoms.